The largest absolute Gasteiger partial charge is 0.381 e. The van der Waals surface area contributed by atoms with Crippen LogP contribution in [-0.2, 0) is 16.0 Å². The molecule has 1 amide bonds. The Bertz CT molecular complexity index is 396. The number of hydrogen-bond donors (Lipinski definition) is 1. The van der Waals surface area contributed by atoms with E-state index in [0.717, 1.165) is 43.4 Å². The maximum Gasteiger partial charge on any atom is 0.220 e. The molecule has 4 heteroatoms. The molecule has 0 radical (unpaired) electrons. The Morgan fingerprint density at radius 2 is 2.10 bits per heavy atom. The van der Waals surface area contributed by atoms with Crippen molar-refractivity contribution in [1.82, 2.24) is 5.32 Å². The van der Waals surface area contributed by atoms with E-state index in [-0.39, 0.29) is 5.91 Å². The highest BCUT2D eigenvalue weighted by molar-refractivity contribution is 9.10. The van der Waals surface area contributed by atoms with Gasteiger partial charge in [0.2, 0.25) is 5.91 Å². The number of benzene rings is 1. The molecule has 20 heavy (non-hydrogen) atoms. The standard InChI is InChI=1S/C16H24BrNO2/c1-2-3-11-20-12-5-10-18-16(19)9-8-14-6-4-7-15(17)13-14/h4,6-7,13H,2-3,5,8-12H2,1H3,(H,18,19). The second kappa shape index (κ2) is 10.9. The minimum absolute atomic E-state index is 0.110. The summed E-state index contributed by atoms with van der Waals surface area (Å²) in [4.78, 5) is 11.7. The number of carbonyl (C=O) groups excluding carboxylic acids is 1. The van der Waals surface area contributed by atoms with E-state index in [1.807, 2.05) is 18.2 Å². The number of nitrogens with one attached hydrogen (secondary N) is 1. The fourth-order valence-electron chi connectivity index (χ4n) is 1.79. The third-order valence-electron chi connectivity index (χ3n) is 2.96. The molecule has 0 saturated heterocycles. The third kappa shape index (κ3) is 8.33. The van der Waals surface area contributed by atoms with Crippen LogP contribution in [0.4, 0.5) is 0 Å². The Morgan fingerprint density at radius 3 is 2.85 bits per heavy atom. The molecule has 112 valence electrons. The van der Waals surface area contributed by atoms with Gasteiger partial charge < -0.3 is 10.1 Å². The summed E-state index contributed by atoms with van der Waals surface area (Å²) in [6, 6.07) is 8.07. The molecule has 0 heterocycles. The predicted octanol–water partition coefficient (Wildman–Crippen LogP) is 3.70. The predicted molar refractivity (Wildman–Crippen MR) is 85.8 cm³/mol. The first-order valence-electron chi connectivity index (χ1n) is 7.31. The Hall–Kier alpha value is -0.870. The number of unbranched alkanes of at least 4 members (excludes halogenated alkanes) is 1. The number of amides is 1. The lowest BCUT2D eigenvalue weighted by molar-refractivity contribution is -0.121. The van der Waals surface area contributed by atoms with Crippen LogP contribution < -0.4 is 5.32 Å². The number of rotatable bonds is 10. The molecule has 0 saturated carbocycles. The van der Waals surface area contributed by atoms with Gasteiger partial charge in [-0.3, -0.25) is 4.79 Å². The number of carbonyl (C=O) groups is 1. The molecule has 0 aliphatic carbocycles. The van der Waals surface area contributed by atoms with Crippen molar-refractivity contribution in [3.8, 4) is 0 Å². The van der Waals surface area contributed by atoms with Crippen LogP contribution in [0.2, 0.25) is 0 Å². The molecule has 0 aliphatic rings. The molecule has 0 bridgehead atoms. The van der Waals surface area contributed by atoms with Crippen molar-refractivity contribution in [3.63, 3.8) is 0 Å². The first-order valence-corrected chi connectivity index (χ1v) is 8.10. The second-order valence-electron chi connectivity index (χ2n) is 4.80. The summed E-state index contributed by atoms with van der Waals surface area (Å²) in [7, 11) is 0. The number of halogens is 1. The van der Waals surface area contributed by atoms with Crippen molar-refractivity contribution in [1.29, 1.82) is 0 Å². The van der Waals surface area contributed by atoms with Gasteiger partial charge in [-0.1, -0.05) is 41.4 Å². The van der Waals surface area contributed by atoms with Crippen molar-refractivity contribution in [2.75, 3.05) is 19.8 Å². The highest BCUT2D eigenvalue weighted by Crippen LogP contribution is 2.12. The van der Waals surface area contributed by atoms with E-state index >= 15 is 0 Å². The van der Waals surface area contributed by atoms with Crippen molar-refractivity contribution >= 4 is 21.8 Å². The van der Waals surface area contributed by atoms with E-state index in [2.05, 4.69) is 34.2 Å². The van der Waals surface area contributed by atoms with Gasteiger partial charge in [0.1, 0.15) is 0 Å². The second-order valence-corrected chi connectivity index (χ2v) is 5.72. The van der Waals surface area contributed by atoms with E-state index in [0.29, 0.717) is 13.0 Å². The molecule has 0 fully saturated rings. The number of aryl methyl sites for hydroxylation is 1. The fraction of sp³-hybridized carbons (Fsp3) is 0.562. The lowest BCUT2D eigenvalue weighted by Crippen LogP contribution is -2.25. The Balaban J connectivity index is 2.03. The summed E-state index contributed by atoms with van der Waals surface area (Å²) in [6.45, 7) is 4.40. The highest BCUT2D eigenvalue weighted by Gasteiger charge is 2.02. The Kier molecular flexibility index (Phi) is 9.33. The van der Waals surface area contributed by atoms with Gasteiger partial charge in [-0.25, -0.2) is 0 Å². The molecule has 1 aromatic carbocycles. The summed E-state index contributed by atoms with van der Waals surface area (Å²) in [6.07, 6.45) is 4.46. The minimum atomic E-state index is 0.110. The first-order chi connectivity index (χ1) is 9.72. The maximum absolute atomic E-state index is 11.7. The first kappa shape index (κ1) is 17.2. The van der Waals surface area contributed by atoms with Crippen molar-refractivity contribution in [2.45, 2.75) is 39.0 Å². The van der Waals surface area contributed by atoms with Crippen LogP contribution >= 0.6 is 15.9 Å². The molecule has 0 unspecified atom stereocenters. The normalized spacial score (nSPS) is 10.5. The van der Waals surface area contributed by atoms with E-state index in [9.17, 15) is 4.79 Å². The summed E-state index contributed by atoms with van der Waals surface area (Å²) in [5.74, 6) is 0.110. The molecule has 0 spiro atoms. The number of hydrogen-bond acceptors (Lipinski definition) is 2. The summed E-state index contributed by atoms with van der Waals surface area (Å²) < 4.78 is 6.50. The van der Waals surface area contributed by atoms with Gasteiger partial charge in [-0.05, 0) is 37.0 Å². The van der Waals surface area contributed by atoms with Gasteiger partial charge in [0.25, 0.3) is 0 Å². The molecule has 0 aromatic heterocycles. The highest BCUT2D eigenvalue weighted by atomic mass is 79.9. The quantitative estimate of drug-likeness (QED) is 0.659. The summed E-state index contributed by atoms with van der Waals surface area (Å²) in [5.41, 5.74) is 1.18. The van der Waals surface area contributed by atoms with Crippen LogP contribution in [0, 0.1) is 0 Å². The molecular weight excluding hydrogens is 318 g/mol. The molecule has 1 N–H and O–H groups in total. The van der Waals surface area contributed by atoms with Crippen molar-refractivity contribution in [2.24, 2.45) is 0 Å². The van der Waals surface area contributed by atoms with E-state index < -0.39 is 0 Å². The average molecular weight is 342 g/mol. The van der Waals surface area contributed by atoms with Crippen molar-refractivity contribution < 1.29 is 9.53 Å². The summed E-state index contributed by atoms with van der Waals surface area (Å²) in [5, 5.41) is 2.93. The van der Waals surface area contributed by atoms with Gasteiger partial charge >= 0.3 is 0 Å². The van der Waals surface area contributed by atoms with Crippen LogP contribution in [0.1, 0.15) is 38.2 Å². The van der Waals surface area contributed by atoms with Gasteiger partial charge in [-0.15, -0.1) is 0 Å². The zero-order valence-corrected chi connectivity index (χ0v) is 13.7. The SMILES string of the molecule is CCCCOCCCNC(=O)CCc1cccc(Br)c1. The van der Waals surface area contributed by atoms with Crippen LogP contribution in [0.3, 0.4) is 0 Å². The molecule has 3 nitrogen and oxygen atoms in total. The zero-order chi connectivity index (χ0) is 14.6. The van der Waals surface area contributed by atoms with Crippen LogP contribution in [0.25, 0.3) is 0 Å². The number of ether oxygens (including phenoxy) is 1. The van der Waals surface area contributed by atoms with Crippen molar-refractivity contribution in [3.05, 3.63) is 34.3 Å². The molecule has 1 aromatic rings. The topological polar surface area (TPSA) is 38.3 Å². The van der Waals surface area contributed by atoms with Crippen LogP contribution in [-0.4, -0.2) is 25.7 Å². The zero-order valence-electron chi connectivity index (χ0n) is 12.2. The van der Waals surface area contributed by atoms with Gasteiger partial charge in [0, 0.05) is 30.7 Å². The third-order valence-corrected chi connectivity index (χ3v) is 3.45. The van der Waals surface area contributed by atoms with Gasteiger partial charge in [0.15, 0.2) is 0 Å². The molecule has 0 atom stereocenters. The lowest BCUT2D eigenvalue weighted by atomic mass is 10.1. The maximum atomic E-state index is 11.7. The molecular formula is C16H24BrNO2. The van der Waals surface area contributed by atoms with Crippen LogP contribution in [0.15, 0.2) is 28.7 Å². The van der Waals surface area contributed by atoms with Crippen LogP contribution in [0.5, 0.6) is 0 Å². The lowest BCUT2D eigenvalue weighted by Gasteiger charge is -2.06. The van der Waals surface area contributed by atoms with E-state index in [4.69, 9.17) is 4.74 Å². The summed E-state index contributed by atoms with van der Waals surface area (Å²) >= 11 is 3.43. The van der Waals surface area contributed by atoms with Gasteiger partial charge in [-0.2, -0.15) is 0 Å². The Labute approximate surface area is 130 Å². The fourth-order valence-corrected chi connectivity index (χ4v) is 2.24. The Morgan fingerprint density at radius 1 is 1.30 bits per heavy atom. The van der Waals surface area contributed by atoms with E-state index in [1.54, 1.807) is 0 Å². The smallest absolute Gasteiger partial charge is 0.220 e. The molecule has 0 aliphatic heterocycles. The average Bonchev–Trinajstić information content (AvgIpc) is 2.44. The molecule has 1 rings (SSSR count). The minimum Gasteiger partial charge on any atom is -0.381 e. The van der Waals surface area contributed by atoms with E-state index in [1.165, 1.54) is 5.56 Å². The monoisotopic (exact) mass is 341 g/mol. The van der Waals surface area contributed by atoms with Gasteiger partial charge in [0.05, 0.1) is 0 Å².